The van der Waals surface area contributed by atoms with E-state index in [-0.39, 0.29) is 23.5 Å². The van der Waals surface area contributed by atoms with Gasteiger partial charge in [-0.15, -0.1) is 0 Å². The fourth-order valence-electron chi connectivity index (χ4n) is 1.24. The standard InChI is InChI=1S/C10H10F2O2/c1-6(13)3-7-4-8(11)5-9(12)10(7)14-2/h4-5H,3H2,1-2H3. The lowest BCUT2D eigenvalue weighted by atomic mass is 10.1. The van der Waals surface area contributed by atoms with Crippen LogP contribution in [0.15, 0.2) is 12.1 Å². The summed E-state index contributed by atoms with van der Waals surface area (Å²) in [5.41, 5.74) is 0.234. The number of hydrogen-bond donors (Lipinski definition) is 0. The minimum atomic E-state index is -0.788. The molecular weight excluding hydrogens is 190 g/mol. The smallest absolute Gasteiger partial charge is 0.168 e. The molecule has 1 aromatic rings. The molecule has 0 heterocycles. The third-order valence-electron chi connectivity index (χ3n) is 1.73. The van der Waals surface area contributed by atoms with E-state index < -0.39 is 11.6 Å². The molecule has 0 aromatic heterocycles. The molecule has 0 N–H and O–H groups in total. The lowest BCUT2D eigenvalue weighted by Crippen LogP contribution is -2.02. The molecule has 0 spiro atoms. The summed E-state index contributed by atoms with van der Waals surface area (Å²) >= 11 is 0. The summed E-state index contributed by atoms with van der Waals surface area (Å²) < 4.78 is 30.6. The number of hydrogen-bond acceptors (Lipinski definition) is 2. The quantitative estimate of drug-likeness (QED) is 0.746. The van der Waals surface area contributed by atoms with Gasteiger partial charge in [0.1, 0.15) is 11.6 Å². The van der Waals surface area contributed by atoms with Crippen molar-refractivity contribution in [2.24, 2.45) is 0 Å². The van der Waals surface area contributed by atoms with E-state index in [0.717, 1.165) is 12.1 Å². The second-order valence-electron chi connectivity index (χ2n) is 2.96. The Labute approximate surface area is 80.5 Å². The van der Waals surface area contributed by atoms with Gasteiger partial charge in [-0.05, 0) is 13.0 Å². The SMILES string of the molecule is COc1c(F)cc(F)cc1CC(C)=O. The van der Waals surface area contributed by atoms with E-state index in [4.69, 9.17) is 4.74 Å². The molecule has 0 saturated carbocycles. The van der Waals surface area contributed by atoms with E-state index in [1.165, 1.54) is 14.0 Å². The van der Waals surface area contributed by atoms with Gasteiger partial charge in [0.25, 0.3) is 0 Å². The van der Waals surface area contributed by atoms with E-state index in [2.05, 4.69) is 0 Å². The van der Waals surface area contributed by atoms with Crippen molar-refractivity contribution in [3.8, 4) is 5.75 Å². The topological polar surface area (TPSA) is 26.3 Å². The highest BCUT2D eigenvalue weighted by atomic mass is 19.1. The third-order valence-corrected chi connectivity index (χ3v) is 1.73. The van der Waals surface area contributed by atoms with E-state index in [0.29, 0.717) is 0 Å². The van der Waals surface area contributed by atoms with Gasteiger partial charge in [-0.25, -0.2) is 8.78 Å². The molecule has 2 nitrogen and oxygen atoms in total. The van der Waals surface area contributed by atoms with Gasteiger partial charge in [-0.3, -0.25) is 4.79 Å². The van der Waals surface area contributed by atoms with E-state index >= 15 is 0 Å². The number of halogens is 2. The summed E-state index contributed by atoms with van der Waals surface area (Å²) in [5.74, 6) is -1.74. The number of carbonyl (C=O) groups excluding carboxylic acids is 1. The predicted molar refractivity (Wildman–Crippen MR) is 47.3 cm³/mol. The number of Topliss-reactive ketones (excluding diaryl/α,β-unsaturated/α-hetero) is 1. The van der Waals surface area contributed by atoms with Crippen molar-refractivity contribution in [2.75, 3.05) is 7.11 Å². The zero-order valence-corrected chi connectivity index (χ0v) is 7.93. The number of ether oxygens (including phenoxy) is 1. The number of rotatable bonds is 3. The molecule has 0 unspecified atom stereocenters. The Morgan fingerprint density at radius 1 is 1.43 bits per heavy atom. The monoisotopic (exact) mass is 200 g/mol. The summed E-state index contributed by atoms with van der Waals surface area (Å²) in [5, 5.41) is 0. The summed E-state index contributed by atoms with van der Waals surface area (Å²) in [6.07, 6.45) is -0.0299. The van der Waals surface area contributed by atoms with Crippen LogP contribution >= 0.6 is 0 Å². The minimum absolute atomic E-state index is 0.0299. The highest BCUT2D eigenvalue weighted by Gasteiger charge is 2.12. The molecule has 1 aromatic carbocycles. The van der Waals surface area contributed by atoms with Crippen molar-refractivity contribution in [2.45, 2.75) is 13.3 Å². The lowest BCUT2D eigenvalue weighted by molar-refractivity contribution is -0.116. The molecule has 0 aliphatic heterocycles. The molecule has 76 valence electrons. The van der Waals surface area contributed by atoms with Gasteiger partial charge in [0.05, 0.1) is 7.11 Å². The summed E-state index contributed by atoms with van der Waals surface area (Å²) in [6, 6.07) is 1.83. The average molecular weight is 200 g/mol. The molecular formula is C10H10F2O2. The first-order valence-corrected chi connectivity index (χ1v) is 4.06. The molecule has 0 amide bonds. The molecule has 14 heavy (non-hydrogen) atoms. The van der Waals surface area contributed by atoms with Crippen molar-refractivity contribution >= 4 is 5.78 Å². The van der Waals surface area contributed by atoms with Crippen LogP contribution in [0.5, 0.6) is 5.75 Å². The zero-order chi connectivity index (χ0) is 10.7. The van der Waals surface area contributed by atoms with Crippen LogP contribution in [0.1, 0.15) is 12.5 Å². The van der Waals surface area contributed by atoms with Crippen LogP contribution in [0, 0.1) is 11.6 Å². The Morgan fingerprint density at radius 3 is 2.57 bits per heavy atom. The summed E-state index contributed by atoms with van der Waals surface area (Å²) in [4.78, 5) is 10.8. The van der Waals surface area contributed by atoms with E-state index in [1.807, 2.05) is 0 Å². The van der Waals surface area contributed by atoms with Crippen molar-refractivity contribution in [3.63, 3.8) is 0 Å². The largest absolute Gasteiger partial charge is 0.493 e. The Morgan fingerprint density at radius 2 is 2.07 bits per heavy atom. The van der Waals surface area contributed by atoms with Crippen LogP contribution in [0.25, 0.3) is 0 Å². The number of benzene rings is 1. The fraction of sp³-hybridized carbons (Fsp3) is 0.300. The van der Waals surface area contributed by atoms with Crippen LogP contribution in [-0.4, -0.2) is 12.9 Å². The second kappa shape index (κ2) is 4.17. The summed E-state index contributed by atoms with van der Waals surface area (Å²) in [7, 11) is 1.28. The Hall–Kier alpha value is -1.45. The molecule has 4 heteroatoms. The molecule has 0 saturated heterocycles. The van der Waals surface area contributed by atoms with Gasteiger partial charge in [0.15, 0.2) is 11.6 Å². The molecule has 0 bridgehead atoms. The maximum Gasteiger partial charge on any atom is 0.168 e. The zero-order valence-electron chi connectivity index (χ0n) is 7.93. The Balaban J connectivity index is 3.17. The van der Waals surface area contributed by atoms with Crippen LogP contribution in [-0.2, 0) is 11.2 Å². The normalized spacial score (nSPS) is 10.0. The first kappa shape index (κ1) is 10.6. The number of carbonyl (C=O) groups is 1. The molecule has 0 aliphatic rings. The van der Waals surface area contributed by atoms with Gasteiger partial charge >= 0.3 is 0 Å². The average Bonchev–Trinajstić information content (AvgIpc) is 2.01. The maximum absolute atomic E-state index is 13.1. The van der Waals surface area contributed by atoms with Gasteiger partial charge in [-0.1, -0.05) is 0 Å². The van der Waals surface area contributed by atoms with Crippen LogP contribution in [0.2, 0.25) is 0 Å². The van der Waals surface area contributed by atoms with Crippen LogP contribution in [0.4, 0.5) is 8.78 Å². The van der Waals surface area contributed by atoms with E-state index in [9.17, 15) is 13.6 Å². The Bertz CT molecular complexity index is 361. The highest BCUT2D eigenvalue weighted by molar-refractivity contribution is 5.79. The molecule has 1 rings (SSSR count). The Kier molecular flexibility index (Phi) is 3.17. The van der Waals surface area contributed by atoms with Gasteiger partial charge in [0, 0.05) is 18.1 Å². The fourth-order valence-corrected chi connectivity index (χ4v) is 1.24. The second-order valence-corrected chi connectivity index (χ2v) is 2.96. The van der Waals surface area contributed by atoms with Gasteiger partial charge in [-0.2, -0.15) is 0 Å². The minimum Gasteiger partial charge on any atom is -0.493 e. The molecule has 0 atom stereocenters. The van der Waals surface area contributed by atoms with Crippen molar-refractivity contribution in [1.29, 1.82) is 0 Å². The molecule has 0 aliphatic carbocycles. The van der Waals surface area contributed by atoms with Crippen molar-refractivity contribution < 1.29 is 18.3 Å². The van der Waals surface area contributed by atoms with Gasteiger partial charge in [0.2, 0.25) is 0 Å². The van der Waals surface area contributed by atoms with Crippen LogP contribution in [0.3, 0.4) is 0 Å². The maximum atomic E-state index is 13.1. The van der Waals surface area contributed by atoms with E-state index in [1.54, 1.807) is 0 Å². The van der Waals surface area contributed by atoms with Crippen molar-refractivity contribution in [1.82, 2.24) is 0 Å². The van der Waals surface area contributed by atoms with Crippen LogP contribution < -0.4 is 4.74 Å². The first-order chi connectivity index (χ1) is 6.54. The van der Waals surface area contributed by atoms with Gasteiger partial charge < -0.3 is 4.74 Å². The number of ketones is 1. The summed E-state index contributed by atoms with van der Waals surface area (Å²) in [6.45, 7) is 1.35. The third kappa shape index (κ3) is 2.28. The number of methoxy groups -OCH3 is 1. The first-order valence-electron chi connectivity index (χ1n) is 4.06. The predicted octanol–water partition coefficient (Wildman–Crippen LogP) is 2.10. The lowest BCUT2D eigenvalue weighted by Gasteiger charge is -2.07. The molecule has 0 fully saturated rings. The highest BCUT2D eigenvalue weighted by Crippen LogP contribution is 2.24. The van der Waals surface area contributed by atoms with Crippen molar-refractivity contribution in [3.05, 3.63) is 29.3 Å². The molecule has 0 radical (unpaired) electrons.